The fourth-order valence-electron chi connectivity index (χ4n) is 4.08. The van der Waals surface area contributed by atoms with Crippen LogP contribution in [0.15, 0.2) is 71.9 Å². The second kappa shape index (κ2) is 8.10. The van der Waals surface area contributed by atoms with E-state index < -0.39 is 0 Å². The Morgan fingerprint density at radius 1 is 1.00 bits per heavy atom. The van der Waals surface area contributed by atoms with Gasteiger partial charge < -0.3 is 15.2 Å². The molecule has 1 fully saturated rings. The highest BCUT2D eigenvalue weighted by Crippen LogP contribution is 2.27. The van der Waals surface area contributed by atoms with Gasteiger partial charge in [0.05, 0.1) is 11.4 Å². The van der Waals surface area contributed by atoms with Crippen molar-refractivity contribution in [2.75, 3.05) is 18.4 Å². The number of imidazole rings is 1. The highest BCUT2D eigenvalue weighted by atomic mass is 16.2. The Labute approximate surface area is 179 Å². The van der Waals surface area contributed by atoms with E-state index in [-0.39, 0.29) is 11.5 Å². The smallest absolute Gasteiger partial charge is 0.253 e. The van der Waals surface area contributed by atoms with Crippen molar-refractivity contribution in [1.29, 1.82) is 0 Å². The van der Waals surface area contributed by atoms with Crippen LogP contribution >= 0.6 is 0 Å². The van der Waals surface area contributed by atoms with E-state index in [0.29, 0.717) is 5.56 Å². The number of carbonyl (C=O) groups excluding carboxylic acids is 1. The first-order valence-electron chi connectivity index (χ1n) is 10.5. The third kappa shape index (κ3) is 3.82. The van der Waals surface area contributed by atoms with Gasteiger partial charge in [-0.15, -0.1) is 0 Å². The number of nitrogens with one attached hydrogen (secondary N) is 2. The number of pyridine rings is 2. The van der Waals surface area contributed by atoms with Crippen molar-refractivity contribution in [2.24, 2.45) is 0 Å². The van der Waals surface area contributed by atoms with Crippen LogP contribution in [0.1, 0.15) is 29.6 Å². The van der Waals surface area contributed by atoms with Crippen molar-refractivity contribution in [2.45, 2.75) is 19.3 Å². The summed E-state index contributed by atoms with van der Waals surface area (Å²) < 4.78 is 1.95. The second-order valence-electron chi connectivity index (χ2n) is 7.75. The molecule has 0 atom stereocenters. The predicted molar refractivity (Wildman–Crippen MR) is 121 cm³/mol. The highest BCUT2D eigenvalue weighted by molar-refractivity contribution is 5.94. The summed E-state index contributed by atoms with van der Waals surface area (Å²) in [5.41, 5.74) is 4.74. The zero-order chi connectivity index (χ0) is 21.2. The fourth-order valence-corrected chi connectivity index (χ4v) is 4.08. The summed E-state index contributed by atoms with van der Waals surface area (Å²) >= 11 is 0. The molecule has 1 aliphatic rings. The van der Waals surface area contributed by atoms with Gasteiger partial charge in [-0.05, 0) is 61.7 Å². The lowest BCUT2D eigenvalue weighted by Crippen LogP contribution is -2.35. The number of likely N-dealkylation sites (tertiary alicyclic amines) is 1. The third-order valence-corrected chi connectivity index (χ3v) is 5.67. The van der Waals surface area contributed by atoms with E-state index in [2.05, 4.69) is 15.3 Å². The normalized spacial score (nSPS) is 14.0. The standard InChI is InChI=1S/C24H23N5O2/c30-22-16-18(10-11-25-22)21-9-8-20(23-26-12-15-29(21)23)27-19-6-4-17(5-7-19)24(31)28-13-2-1-3-14-28/h4-12,15-16,27H,1-3,13-14H2,(H,25,30). The minimum atomic E-state index is -0.146. The van der Waals surface area contributed by atoms with Crippen molar-refractivity contribution < 1.29 is 4.79 Å². The van der Waals surface area contributed by atoms with Crippen LogP contribution in [0, 0.1) is 0 Å². The van der Waals surface area contributed by atoms with Crippen LogP contribution in [-0.2, 0) is 0 Å². The van der Waals surface area contributed by atoms with Crippen molar-refractivity contribution >= 4 is 22.9 Å². The molecule has 7 nitrogen and oxygen atoms in total. The minimum Gasteiger partial charge on any atom is -0.352 e. The Balaban J connectivity index is 1.40. The van der Waals surface area contributed by atoms with E-state index in [0.717, 1.165) is 54.2 Å². The Morgan fingerprint density at radius 2 is 1.81 bits per heavy atom. The maximum Gasteiger partial charge on any atom is 0.253 e. The van der Waals surface area contributed by atoms with Gasteiger partial charge in [0.25, 0.3) is 5.91 Å². The largest absolute Gasteiger partial charge is 0.352 e. The second-order valence-corrected chi connectivity index (χ2v) is 7.75. The lowest BCUT2D eigenvalue weighted by molar-refractivity contribution is 0.0724. The summed E-state index contributed by atoms with van der Waals surface area (Å²) in [6.07, 6.45) is 8.61. The maximum atomic E-state index is 12.7. The van der Waals surface area contributed by atoms with Crippen LogP contribution in [0.3, 0.4) is 0 Å². The average molecular weight is 413 g/mol. The van der Waals surface area contributed by atoms with Crippen molar-refractivity contribution in [3.05, 3.63) is 83.0 Å². The van der Waals surface area contributed by atoms with Gasteiger partial charge in [-0.2, -0.15) is 0 Å². The Hall–Kier alpha value is -3.87. The molecule has 3 aromatic heterocycles. The number of amides is 1. The van der Waals surface area contributed by atoms with Crippen LogP contribution in [0.4, 0.5) is 11.4 Å². The average Bonchev–Trinajstić information content (AvgIpc) is 3.30. The molecule has 4 heterocycles. The number of fused-ring (bicyclic) bond motifs is 1. The Morgan fingerprint density at radius 3 is 2.58 bits per heavy atom. The molecule has 1 saturated heterocycles. The number of H-pyrrole nitrogens is 1. The van der Waals surface area contributed by atoms with Crippen molar-refractivity contribution in [3.8, 4) is 11.3 Å². The molecule has 1 amide bonds. The molecule has 1 aliphatic heterocycles. The summed E-state index contributed by atoms with van der Waals surface area (Å²) in [7, 11) is 0. The van der Waals surface area contributed by atoms with Gasteiger partial charge in [0.15, 0.2) is 5.65 Å². The lowest BCUT2D eigenvalue weighted by Gasteiger charge is -2.26. The summed E-state index contributed by atoms with van der Waals surface area (Å²) in [6.45, 7) is 1.69. The van der Waals surface area contributed by atoms with Crippen LogP contribution in [0.25, 0.3) is 16.9 Å². The van der Waals surface area contributed by atoms with Crippen LogP contribution < -0.4 is 10.9 Å². The molecule has 4 aromatic rings. The maximum absolute atomic E-state index is 12.7. The molecule has 1 aromatic carbocycles. The van der Waals surface area contributed by atoms with E-state index in [1.54, 1.807) is 18.5 Å². The zero-order valence-electron chi connectivity index (χ0n) is 17.0. The predicted octanol–water partition coefficient (Wildman–Crippen LogP) is 4.06. The van der Waals surface area contributed by atoms with Crippen LogP contribution in [0.2, 0.25) is 0 Å². The Bertz CT molecular complexity index is 1280. The molecule has 0 bridgehead atoms. The molecular formula is C24H23N5O2. The summed E-state index contributed by atoms with van der Waals surface area (Å²) in [5, 5.41) is 3.39. The van der Waals surface area contributed by atoms with Gasteiger partial charge in [-0.1, -0.05) is 0 Å². The van der Waals surface area contributed by atoms with Gasteiger partial charge in [-0.25, -0.2) is 4.98 Å². The van der Waals surface area contributed by atoms with E-state index in [9.17, 15) is 9.59 Å². The number of piperidine rings is 1. The summed E-state index contributed by atoms with van der Waals surface area (Å²) in [5.74, 6) is 0.101. The molecule has 0 spiro atoms. The molecule has 31 heavy (non-hydrogen) atoms. The third-order valence-electron chi connectivity index (χ3n) is 5.67. The first-order chi connectivity index (χ1) is 15.2. The van der Waals surface area contributed by atoms with E-state index in [1.165, 1.54) is 6.42 Å². The van der Waals surface area contributed by atoms with Crippen molar-refractivity contribution in [3.63, 3.8) is 0 Å². The zero-order valence-corrected chi connectivity index (χ0v) is 17.0. The molecule has 0 saturated carbocycles. The summed E-state index contributed by atoms with van der Waals surface area (Å²) in [4.78, 5) is 33.4. The molecular weight excluding hydrogens is 390 g/mol. The number of carbonyl (C=O) groups is 1. The number of hydrogen-bond donors (Lipinski definition) is 2. The minimum absolute atomic E-state index is 0.101. The molecule has 0 radical (unpaired) electrons. The topological polar surface area (TPSA) is 82.5 Å². The number of aromatic nitrogens is 3. The van der Waals surface area contributed by atoms with E-state index in [4.69, 9.17) is 0 Å². The molecule has 2 N–H and O–H groups in total. The van der Waals surface area contributed by atoms with Crippen LogP contribution in [-0.4, -0.2) is 38.3 Å². The molecule has 7 heteroatoms. The molecule has 0 unspecified atom stereocenters. The quantitative estimate of drug-likeness (QED) is 0.529. The molecule has 156 valence electrons. The fraction of sp³-hybridized carbons (Fsp3) is 0.208. The summed E-state index contributed by atoms with van der Waals surface area (Å²) in [6, 6.07) is 14.9. The highest BCUT2D eigenvalue weighted by Gasteiger charge is 2.18. The number of hydrogen-bond acceptors (Lipinski definition) is 4. The first-order valence-corrected chi connectivity index (χ1v) is 10.5. The van der Waals surface area contributed by atoms with Crippen molar-refractivity contribution in [1.82, 2.24) is 19.3 Å². The van der Waals surface area contributed by atoms with Gasteiger partial charge in [0.2, 0.25) is 5.56 Å². The molecule has 0 aliphatic carbocycles. The number of anilines is 2. The van der Waals surface area contributed by atoms with Gasteiger partial charge in [-0.3, -0.25) is 14.0 Å². The lowest BCUT2D eigenvalue weighted by atomic mass is 10.1. The number of rotatable bonds is 4. The van der Waals surface area contributed by atoms with Crippen LogP contribution in [0.5, 0.6) is 0 Å². The Kier molecular flexibility index (Phi) is 5.00. The number of benzene rings is 1. The monoisotopic (exact) mass is 413 g/mol. The van der Waals surface area contributed by atoms with Gasteiger partial charge in [0, 0.05) is 54.6 Å². The SMILES string of the molecule is O=C(c1ccc(Nc2ccc(-c3cc[nH]c(=O)c3)n3ccnc23)cc1)N1CCCCC1. The van der Waals surface area contributed by atoms with Gasteiger partial charge in [0.1, 0.15) is 0 Å². The first kappa shape index (κ1) is 19.1. The molecule has 5 rings (SSSR count). The van der Waals surface area contributed by atoms with E-state index >= 15 is 0 Å². The number of aromatic amines is 1. The van der Waals surface area contributed by atoms with E-state index in [1.807, 2.05) is 58.0 Å². The van der Waals surface area contributed by atoms with Gasteiger partial charge >= 0.3 is 0 Å². The number of nitrogens with zero attached hydrogens (tertiary/aromatic N) is 3.